The summed E-state index contributed by atoms with van der Waals surface area (Å²) in [4.78, 5) is 13.8. The van der Waals surface area contributed by atoms with Gasteiger partial charge in [0.05, 0.1) is 11.9 Å². The predicted octanol–water partition coefficient (Wildman–Crippen LogP) is 1.44. The highest BCUT2D eigenvalue weighted by molar-refractivity contribution is 5.74. The number of rotatable bonds is 5. The number of nitrogens with zero attached hydrogens (tertiary/aromatic N) is 3. The molecule has 3 rings (SSSR count). The smallest absolute Gasteiger partial charge is 0.317 e. The number of aromatic nitrogens is 2. The van der Waals surface area contributed by atoms with Crippen LogP contribution in [0.25, 0.3) is 5.69 Å². The Bertz CT molecular complexity index is 641. The number of urea groups is 1. The van der Waals surface area contributed by atoms with Crippen molar-refractivity contribution in [2.24, 2.45) is 5.92 Å². The second-order valence-electron chi connectivity index (χ2n) is 5.89. The van der Waals surface area contributed by atoms with Crippen LogP contribution in [0.4, 0.5) is 4.79 Å². The Balaban J connectivity index is 1.46. The summed E-state index contributed by atoms with van der Waals surface area (Å²) < 4.78 is 1.84. The molecule has 1 fully saturated rings. The van der Waals surface area contributed by atoms with E-state index in [0.29, 0.717) is 13.1 Å². The number of para-hydroxylation sites is 1. The van der Waals surface area contributed by atoms with Crippen molar-refractivity contribution in [2.45, 2.75) is 12.8 Å². The Labute approximate surface area is 135 Å². The van der Waals surface area contributed by atoms with Crippen LogP contribution in [0.5, 0.6) is 0 Å². The molecule has 2 aromatic rings. The third-order valence-electron chi connectivity index (χ3n) is 4.18. The molecule has 6 nitrogen and oxygen atoms in total. The summed E-state index contributed by atoms with van der Waals surface area (Å²) in [5.74, 6) is 0.227. The van der Waals surface area contributed by atoms with Gasteiger partial charge in [-0.1, -0.05) is 18.2 Å². The van der Waals surface area contributed by atoms with Crippen molar-refractivity contribution in [3.63, 3.8) is 0 Å². The Morgan fingerprint density at radius 1 is 1.35 bits per heavy atom. The van der Waals surface area contributed by atoms with E-state index in [1.807, 2.05) is 47.4 Å². The zero-order valence-corrected chi connectivity index (χ0v) is 13.1. The minimum Gasteiger partial charge on any atom is -0.396 e. The van der Waals surface area contributed by atoms with Crippen LogP contribution >= 0.6 is 0 Å². The van der Waals surface area contributed by atoms with Gasteiger partial charge in [0.15, 0.2) is 0 Å². The summed E-state index contributed by atoms with van der Waals surface area (Å²) in [5.41, 5.74) is 2.11. The predicted molar refractivity (Wildman–Crippen MR) is 87.4 cm³/mol. The van der Waals surface area contributed by atoms with Crippen molar-refractivity contribution in [3.05, 3.63) is 48.3 Å². The van der Waals surface area contributed by atoms with Crippen LogP contribution < -0.4 is 5.32 Å². The Hall–Kier alpha value is -2.34. The SMILES string of the molecule is O=C(NCCc1cnn(-c2ccccc2)c1)N1CCC(CO)C1. The first-order valence-corrected chi connectivity index (χ1v) is 7.99. The van der Waals surface area contributed by atoms with Gasteiger partial charge in [0, 0.05) is 38.4 Å². The average Bonchev–Trinajstić information content (AvgIpc) is 3.25. The lowest BCUT2D eigenvalue weighted by Gasteiger charge is -2.16. The number of likely N-dealkylation sites (tertiary alicyclic amines) is 1. The largest absolute Gasteiger partial charge is 0.396 e. The van der Waals surface area contributed by atoms with Crippen LogP contribution in [-0.2, 0) is 6.42 Å². The summed E-state index contributed by atoms with van der Waals surface area (Å²) in [6, 6.07) is 9.89. The number of benzene rings is 1. The van der Waals surface area contributed by atoms with E-state index in [-0.39, 0.29) is 18.6 Å². The topological polar surface area (TPSA) is 70.4 Å². The van der Waals surface area contributed by atoms with Gasteiger partial charge in [-0.05, 0) is 30.5 Å². The molecule has 0 spiro atoms. The second kappa shape index (κ2) is 7.28. The van der Waals surface area contributed by atoms with E-state index in [1.54, 1.807) is 4.90 Å². The molecule has 2 amide bonds. The molecule has 1 saturated heterocycles. The molecule has 1 aromatic heterocycles. The maximum absolute atomic E-state index is 12.0. The fraction of sp³-hybridized carbons (Fsp3) is 0.412. The summed E-state index contributed by atoms with van der Waals surface area (Å²) in [7, 11) is 0. The van der Waals surface area contributed by atoms with E-state index in [4.69, 9.17) is 5.11 Å². The molecular formula is C17H22N4O2. The van der Waals surface area contributed by atoms with Gasteiger partial charge in [0.2, 0.25) is 0 Å². The summed E-state index contributed by atoms with van der Waals surface area (Å²) >= 11 is 0. The minimum atomic E-state index is -0.0450. The molecule has 0 aliphatic carbocycles. The molecule has 2 N–H and O–H groups in total. The number of carbonyl (C=O) groups is 1. The van der Waals surface area contributed by atoms with E-state index in [2.05, 4.69) is 10.4 Å². The van der Waals surface area contributed by atoms with E-state index in [0.717, 1.165) is 30.6 Å². The van der Waals surface area contributed by atoms with Crippen molar-refractivity contribution in [1.29, 1.82) is 0 Å². The number of aliphatic hydroxyl groups excluding tert-OH is 1. The lowest BCUT2D eigenvalue weighted by molar-refractivity contribution is 0.198. The molecule has 1 aliphatic heterocycles. The maximum Gasteiger partial charge on any atom is 0.317 e. The average molecular weight is 314 g/mol. The second-order valence-corrected chi connectivity index (χ2v) is 5.89. The molecule has 1 unspecified atom stereocenters. The molecule has 0 bridgehead atoms. The summed E-state index contributed by atoms with van der Waals surface area (Å²) in [6.07, 6.45) is 5.44. The summed E-state index contributed by atoms with van der Waals surface area (Å²) in [5, 5.41) is 16.4. The van der Waals surface area contributed by atoms with Gasteiger partial charge >= 0.3 is 6.03 Å². The molecular weight excluding hydrogens is 292 g/mol. The zero-order valence-electron chi connectivity index (χ0n) is 13.1. The fourth-order valence-electron chi connectivity index (χ4n) is 2.80. The number of carbonyl (C=O) groups excluding carboxylic acids is 1. The monoisotopic (exact) mass is 314 g/mol. The maximum atomic E-state index is 12.0. The van der Waals surface area contributed by atoms with Gasteiger partial charge in [0.1, 0.15) is 0 Å². The van der Waals surface area contributed by atoms with Gasteiger partial charge in [-0.25, -0.2) is 9.48 Å². The quantitative estimate of drug-likeness (QED) is 0.877. The number of amides is 2. The van der Waals surface area contributed by atoms with Crippen molar-refractivity contribution in [1.82, 2.24) is 20.0 Å². The Morgan fingerprint density at radius 2 is 2.17 bits per heavy atom. The first kappa shape index (κ1) is 15.6. The molecule has 0 saturated carbocycles. The number of hydrogen-bond donors (Lipinski definition) is 2. The molecule has 122 valence electrons. The van der Waals surface area contributed by atoms with Crippen LogP contribution in [0, 0.1) is 5.92 Å². The standard InChI is InChI=1S/C17H22N4O2/c22-13-15-7-9-20(11-15)17(23)18-8-6-14-10-19-21(12-14)16-4-2-1-3-5-16/h1-5,10,12,15,22H,6-9,11,13H2,(H,18,23). The number of hydrogen-bond acceptors (Lipinski definition) is 3. The lowest BCUT2D eigenvalue weighted by atomic mass is 10.1. The number of aliphatic hydroxyl groups is 1. The van der Waals surface area contributed by atoms with Crippen LogP contribution in [0.3, 0.4) is 0 Å². The molecule has 1 aliphatic rings. The van der Waals surface area contributed by atoms with Crippen LogP contribution in [0.15, 0.2) is 42.7 Å². The minimum absolute atomic E-state index is 0.0450. The van der Waals surface area contributed by atoms with Gasteiger partial charge in [-0.3, -0.25) is 0 Å². The molecule has 2 heterocycles. The Kier molecular flexibility index (Phi) is 4.92. The van der Waals surface area contributed by atoms with E-state index in [1.165, 1.54) is 0 Å². The van der Waals surface area contributed by atoms with Crippen molar-refractivity contribution in [2.75, 3.05) is 26.2 Å². The molecule has 0 radical (unpaired) electrons. The Morgan fingerprint density at radius 3 is 2.91 bits per heavy atom. The third kappa shape index (κ3) is 3.90. The van der Waals surface area contributed by atoms with Gasteiger partial charge in [-0.2, -0.15) is 5.10 Å². The van der Waals surface area contributed by atoms with Gasteiger partial charge in [0.25, 0.3) is 0 Å². The van der Waals surface area contributed by atoms with Crippen molar-refractivity contribution in [3.8, 4) is 5.69 Å². The van der Waals surface area contributed by atoms with Gasteiger partial charge < -0.3 is 15.3 Å². The fourth-order valence-corrected chi connectivity index (χ4v) is 2.80. The molecule has 1 aromatic carbocycles. The highest BCUT2D eigenvalue weighted by Gasteiger charge is 2.25. The van der Waals surface area contributed by atoms with Crippen LogP contribution in [0.2, 0.25) is 0 Å². The van der Waals surface area contributed by atoms with Crippen LogP contribution in [0.1, 0.15) is 12.0 Å². The van der Waals surface area contributed by atoms with E-state index < -0.39 is 0 Å². The van der Waals surface area contributed by atoms with Crippen molar-refractivity contribution < 1.29 is 9.90 Å². The first-order valence-electron chi connectivity index (χ1n) is 7.99. The lowest BCUT2D eigenvalue weighted by Crippen LogP contribution is -2.39. The van der Waals surface area contributed by atoms with E-state index >= 15 is 0 Å². The normalized spacial score (nSPS) is 17.4. The zero-order chi connectivity index (χ0) is 16.1. The number of nitrogens with one attached hydrogen (secondary N) is 1. The molecule has 1 atom stereocenters. The molecule has 6 heteroatoms. The summed E-state index contributed by atoms with van der Waals surface area (Å²) in [6.45, 7) is 2.11. The van der Waals surface area contributed by atoms with Crippen LogP contribution in [-0.4, -0.2) is 52.1 Å². The first-order chi connectivity index (χ1) is 11.3. The van der Waals surface area contributed by atoms with E-state index in [9.17, 15) is 4.79 Å². The van der Waals surface area contributed by atoms with Crippen molar-refractivity contribution >= 4 is 6.03 Å². The van der Waals surface area contributed by atoms with Gasteiger partial charge in [-0.15, -0.1) is 0 Å². The third-order valence-corrected chi connectivity index (χ3v) is 4.18. The molecule has 23 heavy (non-hydrogen) atoms. The highest BCUT2D eigenvalue weighted by atomic mass is 16.3. The highest BCUT2D eigenvalue weighted by Crippen LogP contribution is 2.15.